The zero-order valence-corrected chi connectivity index (χ0v) is 14.3. The van der Waals surface area contributed by atoms with Crippen molar-refractivity contribution in [2.24, 2.45) is 0 Å². The van der Waals surface area contributed by atoms with Gasteiger partial charge in [-0.1, -0.05) is 24.3 Å². The van der Waals surface area contributed by atoms with Crippen LogP contribution in [0.3, 0.4) is 0 Å². The second kappa shape index (κ2) is 5.93. The highest BCUT2D eigenvalue weighted by Gasteiger charge is 2.51. The summed E-state index contributed by atoms with van der Waals surface area (Å²) < 4.78 is 17.4. The van der Waals surface area contributed by atoms with Gasteiger partial charge in [-0.15, -0.1) is 0 Å². The van der Waals surface area contributed by atoms with E-state index in [4.69, 9.17) is 14.0 Å². The number of hydrogen-bond acceptors (Lipinski definition) is 4. The molecule has 0 atom stereocenters. The van der Waals surface area contributed by atoms with Gasteiger partial charge in [0.1, 0.15) is 6.61 Å². The first kappa shape index (κ1) is 16.5. The Morgan fingerprint density at radius 1 is 1.17 bits per heavy atom. The van der Waals surface area contributed by atoms with Crippen LogP contribution in [0.4, 0.5) is 0 Å². The summed E-state index contributed by atoms with van der Waals surface area (Å²) in [5, 5.41) is 0. The van der Waals surface area contributed by atoms with Crippen molar-refractivity contribution in [3.8, 4) is 0 Å². The van der Waals surface area contributed by atoms with Crippen LogP contribution >= 0.6 is 0 Å². The van der Waals surface area contributed by atoms with Gasteiger partial charge < -0.3 is 18.9 Å². The highest BCUT2D eigenvalue weighted by molar-refractivity contribution is 6.62. The highest BCUT2D eigenvalue weighted by atomic mass is 16.7. The molecule has 1 aromatic rings. The maximum atomic E-state index is 11.9. The van der Waals surface area contributed by atoms with Gasteiger partial charge in [-0.25, -0.2) is 0 Å². The topological polar surface area (TPSA) is 48.0 Å². The van der Waals surface area contributed by atoms with E-state index in [1.54, 1.807) is 0 Å². The normalized spacial score (nSPS) is 23.4. The molecule has 0 radical (unpaired) electrons. The number of hydrogen-bond donors (Lipinski definition) is 0. The molecule has 23 heavy (non-hydrogen) atoms. The first-order chi connectivity index (χ1) is 10.8. The number of carbonyl (C=O) groups is 1. The molecule has 2 saturated heterocycles. The fourth-order valence-electron chi connectivity index (χ4n) is 2.76. The Kier molecular flexibility index (Phi) is 4.25. The van der Waals surface area contributed by atoms with E-state index in [-0.39, 0.29) is 30.8 Å². The molecule has 2 aliphatic heterocycles. The van der Waals surface area contributed by atoms with Crippen molar-refractivity contribution in [3.05, 3.63) is 29.8 Å². The Hall–Kier alpha value is -1.37. The minimum atomic E-state index is -0.375. The molecule has 2 heterocycles. The van der Waals surface area contributed by atoms with E-state index < -0.39 is 0 Å². The largest absolute Gasteiger partial charge is 0.494 e. The average Bonchev–Trinajstić information content (AvgIpc) is 2.70. The number of amides is 1. The molecule has 124 valence electrons. The van der Waals surface area contributed by atoms with E-state index in [0.717, 1.165) is 11.0 Å². The van der Waals surface area contributed by atoms with E-state index in [2.05, 4.69) is 6.07 Å². The Bertz CT molecular complexity index is 586. The smallest absolute Gasteiger partial charge is 0.399 e. The van der Waals surface area contributed by atoms with Crippen LogP contribution in [0.15, 0.2) is 24.3 Å². The molecule has 0 unspecified atom stereocenters. The van der Waals surface area contributed by atoms with Crippen LogP contribution in [0, 0.1) is 0 Å². The molecular weight excluding hydrogens is 293 g/mol. The molecule has 0 N–H and O–H groups in total. The minimum absolute atomic E-state index is 0.0392. The van der Waals surface area contributed by atoms with Crippen LogP contribution in [-0.4, -0.2) is 48.9 Å². The maximum Gasteiger partial charge on any atom is 0.494 e. The van der Waals surface area contributed by atoms with Gasteiger partial charge in [0, 0.05) is 13.1 Å². The summed E-state index contributed by atoms with van der Waals surface area (Å²) in [6.07, 6.45) is 0. The van der Waals surface area contributed by atoms with E-state index in [1.807, 2.05) is 50.8 Å². The second-order valence-corrected chi connectivity index (χ2v) is 7.20. The summed E-state index contributed by atoms with van der Waals surface area (Å²) in [6.45, 7) is 10.2. The quantitative estimate of drug-likeness (QED) is 0.790. The molecule has 2 fully saturated rings. The van der Waals surface area contributed by atoms with Crippen molar-refractivity contribution < 1.29 is 18.8 Å². The van der Waals surface area contributed by atoms with Gasteiger partial charge >= 0.3 is 7.12 Å². The summed E-state index contributed by atoms with van der Waals surface area (Å²) in [7, 11) is -0.375. The fourth-order valence-corrected chi connectivity index (χ4v) is 2.76. The lowest BCUT2D eigenvalue weighted by atomic mass is 9.78. The van der Waals surface area contributed by atoms with Crippen molar-refractivity contribution in [1.29, 1.82) is 0 Å². The molecule has 1 amide bonds. The van der Waals surface area contributed by atoms with Gasteiger partial charge in [0.05, 0.1) is 17.8 Å². The summed E-state index contributed by atoms with van der Waals surface area (Å²) in [6, 6.07) is 8.08. The standard InChI is InChI=1S/C17H24BNO4/c1-16(2)17(3,4)23-18(22-16)14-7-5-6-13(10-14)11-19-8-9-21-12-15(19)20/h5-7,10H,8-9,11-12H2,1-4H3. The Morgan fingerprint density at radius 2 is 1.87 bits per heavy atom. The molecule has 2 aliphatic rings. The molecule has 0 saturated carbocycles. The maximum absolute atomic E-state index is 11.9. The zero-order valence-electron chi connectivity index (χ0n) is 14.3. The number of carbonyl (C=O) groups excluding carboxylic acids is 1. The molecule has 5 nitrogen and oxygen atoms in total. The van der Waals surface area contributed by atoms with E-state index in [9.17, 15) is 4.79 Å². The van der Waals surface area contributed by atoms with Crippen molar-refractivity contribution >= 4 is 18.5 Å². The predicted octanol–water partition coefficient (Wildman–Crippen LogP) is 1.34. The lowest BCUT2D eigenvalue weighted by Gasteiger charge is -2.32. The average molecular weight is 317 g/mol. The summed E-state index contributed by atoms with van der Waals surface area (Å²) in [5.74, 6) is 0.0392. The van der Waals surface area contributed by atoms with E-state index in [0.29, 0.717) is 19.7 Å². The molecule has 6 heteroatoms. The van der Waals surface area contributed by atoms with Crippen LogP contribution in [-0.2, 0) is 25.4 Å². The van der Waals surface area contributed by atoms with Crippen LogP contribution < -0.4 is 5.46 Å². The number of benzene rings is 1. The monoisotopic (exact) mass is 317 g/mol. The van der Waals surface area contributed by atoms with Gasteiger partial charge in [0.25, 0.3) is 0 Å². The predicted molar refractivity (Wildman–Crippen MR) is 88.4 cm³/mol. The SMILES string of the molecule is CC1(C)OB(c2cccc(CN3CCOCC3=O)c2)OC1(C)C. The number of morpholine rings is 1. The Balaban J connectivity index is 1.74. The van der Waals surface area contributed by atoms with Gasteiger partial charge in [-0.2, -0.15) is 0 Å². The number of ether oxygens (including phenoxy) is 1. The fraction of sp³-hybridized carbons (Fsp3) is 0.588. The van der Waals surface area contributed by atoms with Crippen LogP contribution in [0.25, 0.3) is 0 Å². The summed E-state index contributed by atoms with van der Waals surface area (Å²) >= 11 is 0. The lowest BCUT2D eigenvalue weighted by molar-refractivity contribution is -0.143. The third kappa shape index (κ3) is 3.29. The van der Waals surface area contributed by atoms with Gasteiger partial charge in [-0.3, -0.25) is 4.79 Å². The molecule has 0 aromatic heterocycles. The number of nitrogens with zero attached hydrogens (tertiary/aromatic N) is 1. The third-order valence-corrected chi connectivity index (χ3v) is 4.93. The Labute approximate surface area is 138 Å². The molecular formula is C17H24BNO4. The minimum Gasteiger partial charge on any atom is -0.399 e. The first-order valence-electron chi connectivity index (χ1n) is 8.08. The van der Waals surface area contributed by atoms with Crippen molar-refractivity contribution in [2.45, 2.75) is 45.4 Å². The van der Waals surface area contributed by atoms with E-state index in [1.165, 1.54) is 0 Å². The van der Waals surface area contributed by atoms with Crippen molar-refractivity contribution in [1.82, 2.24) is 4.90 Å². The van der Waals surface area contributed by atoms with Crippen molar-refractivity contribution in [3.63, 3.8) is 0 Å². The lowest BCUT2D eigenvalue weighted by Crippen LogP contribution is -2.41. The molecule has 0 aliphatic carbocycles. The van der Waals surface area contributed by atoms with Crippen molar-refractivity contribution in [2.75, 3.05) is 19.8 Å². The van der Waals surface area contributed by atoms with Gasteiger partial charge in [-0.05, 0) is 38.7 Å². The summed E-state index contributed by atoms with van der Waals surface area (Å²) in [5.41, 5.74) is 1.36. The van der Waals surface area contributed by atoms with Gasteiger partial charge in [0.2, 0.25) is 5.91 Å². The summed E-state index contributed by atoms with van der Waals surface area (Å²) in [4.78, 5) is 13.7. The zero-order chi connectivity index (χ0) is 16.7. The molecule has 0 spiro atoms. The third-order valence-electron chi connectivity index (χ3n) is 4.93. The van der Waals surface area contributed by atoms with Crippen LogP contribution in [0.2, 0.25) is 0 Å². The van der Waals surface area contributed by atoms with Gasteiger partial charge in [0.15, 0.2) is 0 Å². The molecule has 3 rings (SSSR count). The van der Waals surface area contributed by atoms with Crippen LogP contribution in [0.1, 0.15) is 33.3 Å². The van der Waals surface area contributed by atoms with E-state index >= 15 is 0 Å². The highest BCUT2D eigenvalue weighted by Crippen LogP contribution is 2.36. The number of rotatable bonds is 3. The second-order valence-electron chi connectivity index (χ2n) is 7.20. The molecule has 0 bridgehead atoms. The molecule has 1 aromatic carbocycles. The van der Waals surface area contributed by atoms with Crippen LogP contribution in [0.5, 0.6) is 0 Å². The first-order valence-corrected chi connectivity index (χ1v) is 8.08. The Morgan fingerprint density at radius 3 is 2.52 bits per heavy atom.